The Labute approximate surface area is 77.6 Å². The standard InChI is InChI=1S/C9H23NOSi/c1-8(2)7-12(4,5)11-9(3)6-10/h8-9H,6-7,10H2,1-5H3. The highest BCUT2D eigenvalue weighted by Crippen LogP contribution is 2.18. The minimum absolute atomic E-state index is 0.227. The van der Waals surface area contributed by atoms with E-state index in [9.17, 15) is 0 Å². The largest absolute Gasteiger partial charge is 0.413 e. The smallest absolute Gasteiger partial charge is 0.187 e. The van der Waals surface area contributed by atoms with Crippen molar-refractivity contribution in [3.8, 4) is 0 Å². The van der Waals surface area contributed by atoms with E-state index in [1.54, 1.807) is 0 Å². The Morgan fingerprint density at radius 1 is 1.25 bits per heavy atom. The maximum Gasteiger partial charge on any atom is 0.187 e. The lowest BCUT2D eigenvalue weighted by Crippen LogP contribution is -2.38. The van der Waals surface area contributed by atoms with Gasteiger partial charge in [-0.2, -0.15) is 0 Å². The van der Waals surface area contributed by atoms with Crippen LogP contribution in [0.5, 0.6) is 0 Å². The van der Waals surface area contributed by atoms with E-state index in [1.807, 2.05) is 0 Å². The molecule has 0 radical (unpaired) electrons. The van der Waals surface area contributed by atoms with Crippen molar-refractivity contribution in [3.05, 3.63) is 0 Å². The Kier molecular flexibility index (Phi) is 5.05. The van der Waals surface area contributed by atoms with Crippen molar-refractivity contribution in [3.63, 3.8) is 0 Å². The van der Waals surface area contributed by atoms with Gasteiger partial charge in [-0.3, -0.25) is 0 Å². The van der Waals surface area contributed by atoms with Gasteiger partial charge in [0.2, 0.25) is 0 Å². The molecular weight excluding hydrogens is 166 g/mol. The van der Waals surface area contributed by atoms with Gasteiger partial charge in [-0.25, -0.2) is 0 Å². The fourth-order valence-corrected chi connectivity index (χ4v) is 4.87. The van der Waals surface area contributed by atoms with Gasteiger partial charge in [0, 0.05) is 6.54 Å². The van der Waals surface area contributed by atoms with Crippen molar-refractivity contribution in [1.29, 1.82) is 0 Å². The van der Waals surface area contributed by atoms with E-state index in [2.05, 4.69) is 33.9 Å². The SMILES string of the molecule is CC(C)C[Si](C)(C)OC(C)CN. The predicted molar refractivity (Wildman–Crippen MR) is 56.7 cm³/mol. The molecule has 0 aromatic heterocycles. The van der Waals surface area contributed by atoms with Crippen molar-refractivity contribution < 1.29 is 4.43 Å². The van der Waals surface area contributed by atoms with Gasteiger partial charge < -0.3 is 10.2 Å². The summed E-state index contributed by atoms with van der Waals surface area (Å²) in [6.07, 6.45) is 0.227. The fourth-order valence-electron chi connectivity index (χ4n) is 1.62. The molecule has 0 aromatic rings. The van der Waals surface area contributed by atoms with Gasteiger partial charge in [0.15, 0.2) is 8.32 Å². The molecule has 74 valence electrons. The number of nitrogens with two attached hydrogens (primary N) is 1. The van der Waals surface area contributed by atoms with Gasteiger partial charge in [0.25, 0.3) is 0 Å². The third-order valence-corrected chi connectivity index (χ3v) is 4.59. The van der Waals surface area contributed by atoms with Crippen LogP contribution >= 0.6 is 0 Å². The Hall–Kier alpha value is 0.137. The summed E-state index contributed by atoms with van der Waals surface area (Å²) >= 11 is 0. The van der Waals surface area contributed by atoms with E-state index in [-0.39, 0.29) is 6.10 Å². The summed E-state index contributed by atoms with van der Waals surface area (Å²) in [4.78, 5) is 0. The third-order valence-electron chi connectivity index (χ3n) is 1.75. The first-order valence-electron chi connectivity index (χ1n) is 4.75. The Morgan fingerprint density at radius 3 is 2.08 bits per heavy atom. The zero-order valence-corrected chi connectivity index (χ0v) is 10.1. The molecule has 0 rings (SSSR count). The number of hydrogen-bond acceptors (Lipinski definition) is 2. The topological polar surface area (TPSA) is 35.2 Å². The summed E-state index contributed by atoms with van der Waals surface area (Å²) in [5, 5.41) is 0. The van der Waals surface area contributed by atoms with Crippen LogP contribution in [0.2, 0.25) is 19.1 Å². The van der Waals surface area contributed by atoms with E-state index < -0.39 is 8.32 Å². The zero-order valence-electron chi connectivity index (χ0n) is 9.05. The van der Waals surface area contributed by atoms with E-state index in [1.165, 1.54) is 6.04 Å². The highest BCUT2D eigenvalue weighted by Gasteiger charge is 2.25. The Morgan fingerprint density at radius 2 is 1.75 bits per heavy atom. The lowest BCUT2D eigenvalue weighted by molar-refractivity contribution is 0.217. The molecule has 0 saturated carbocycles. The van der Waals surface area contributed by atoms with Crippen LogP contribution in [0.3, 0.4) is 0 Å². The van der Waals surface area contributed by atoms with Crippen LogP contribution in [0.4, 0.5) is 0 Å². The predicted octanol–water partition coefficient (Wildman–Crippen LogP) is 2.21. The monoisotopic (exact) mass is 189 g/mol. The normalized spacial score (nSPS) is 15.2. The van der Waals surface area contributed by atoms with Gasteiger partial charge in [0.05, 0.1) is 6.10 Å². The van der Waals surface area contributed by atoms with Crippen LogP contribution in [0.25, 0.3) is 0 Å². The first kappa shape index (κ1) is 12.1. The van der Waals surface area contributed by atoms with E-state index in [4.69, 9.17) is 10.2 Å². The molecule has 12 heavy (non-hydrogen) atoms. The molecule has 0 spiro atoms. The minimum Gasteiger partial charge on any atom is -0.413 e. The molecule has 3 heteroatoms. The molecule has 0 amide bonds. The molecule has 1 atom stereocenters. The second-order valence-corrected chi connectivity index (χ2v) is 8.69. The van der Waals surface area contributed by atoms with Crippen LogP contribution < -0.4 is 5.73 Å². The summed E-state index contributed by atoms with van der Waals surface area (Å²) in [7, 11) is -1.43. The van der Waals surface area contributed by atoms with Crippen molar-refractivity contribution in [2.24, 2.45) is 11.7 Å². The highest BCUT2D eigenvalue weighted by atomic mass is 28.4. The van der Waals surface area contributed by atoms with Crippen LogP contribution in [0, 0.1) is 5.92 Å². The molecule has 0 bridgehead atoms. The van der Waals surface area contributed by atoms with Gasteiger partial charge in [-0.05, 0) is 32.0 Å². The summed E-state index contributed by atoms with van der Waals surface area (Å²) in [5.41, 5.74) is 5.51. The molecule has 0 aliphatic rings. The molecule has 1 unspecified atom stereocenters. The van der Waals surface area contributed by atoms with Crippen molar-refractivity contribution >= 4 is 8.32 Å². The number of rotatable bonds is 5. The molecule has 0 aliphatic carbocycles. The van der Waals surface area contributed by atoms with Gasteiger partial charge in [-0.15, -0.1) is 0 Å². The van der Waals surface area contributed by atoms with Crippen LogP contribution in [-0.4, -0.2) is 21.0 Å². The first-order valence-corrected chi connectivity index (χ1v) is 7.87. The Balaban J connectivity index is 3.85. The quantitative estimate of drug-likeness (QED) is 0.673. The second kappa shape index (κ2) is 4.99. The summed E-state index contributed by atoms with van der Waals surface area (Å²) in [5.74, 6) is 0.733. The summed E-state index contributed by atoms with van der Waals surface area (Å²) in [6, 6.07) is 1.22. The Bertz CT molecular complexity index is 126. The number of hydrogen-bond donors (Lipinski definition) is 1. The fraction of sp³-hybridized carbons (Fsp3) is 1.00. The van der Waals surface area contributed by atoms with Crippen LogP contribution in [-0.2, 0) is 4.43 Å². The molecular formula is C9H23NOSi. The third kappa shape index (κ3) is 5.74. The van der Waals surface area contributed by atoms with Crippen LogP contribution in [0.1, 0.15) is 20.8 Å². The summed E-state index contributed by atoms with van der Waals surface area (Å²) in [6.45, 7) is 11.7. The maximum absolute atomic E-state index is 5.91. The maximum atomic E-state index is 5.91. The molecule has 0 aliphatic heterocycles. The van der Waals surface area contributed by atoms with Crippen LogP contribution in [0.15, 0.2) is 0 Å². The van der Waals surface area contributed by atoms with E-state index >= 15 is 0 Å². The van der Waals surface area contributed by atoms with Gasteiger partial charge in [0.1, 0.15) is 0 Å². The van der Waals surface area contributed by atoms with E-state index in [0.717, 1.165) is 5.92 Å². The molecule has 0 saturated heterocycles. The van der Waals surface area contributed by atoms with E-state index in [0.29, 0.717) is 6.54 Å². The van der Waals surface area contributed by atoms with Crippen molar-refractivity contribution in [2.45, 2.75) is 46.0 Å². The van der Waals surface area contributed by atoms with Crippen molar-refractivity contribution in [2.75, 3.05) is 6.54 Å². The molecule has 2 N–H and O–H groups in total. The highest BCUT2D eigenvalue weighted by molar-refractivity contribution is 6.71. The average Bonchev–Trinajstić information content (AvgIpc) is 1.83. The first-order chi connectivity index (χ1) is 5.37. The minimum atomic E-state index is -1.43. The van der Waals surface area contributed by atoms with Crippen molar-refractivity contribution in [1.82, 2.24) is 0 Å². The lowest BCUT2D eigenvalue weighted by atomic mass is 10.3. The molecule has 0 aromatic carbocycles. The molecule has 0 fully saturated rings. The lowest BCUT2D eigenvalue weighted by Gasteiger charge is -2.28. The summed E-state index contributed by atoms with van der Waals surface area (Å²) < 4.78 is 5.91. The second-order valence-electron chi connectivity index (χ2n) is 4.52. The average molecular weight is 189 g/mol. The van der Waals surface area contributed by atoms with Gasteiger partial charge >= 0.3 is 0 Å². The van der Waals surface area contributed by atoms with Gasteiger partial charge in [-0.1, -0.05) is 13.8 Å². The zero-order chi connectivity index (χ0) is 9.78. The molecule has 2 nitrogen and oxygen atoms in total. The molecule has 0 heterocycles.